The Morgan fingerprint density at radius 2 is 1.89 bits per heavy atom. The van der Waals surface area contributed by atoms with Crippen LogP contribution in [0.2, 0.25) is 0 Å². The van der Waals surface area contributed by atoms with Gasteiger partial charge in [-0.15, -0.1) is 0 Å². The van der Waals surface area contributed by atoms with Crippen LogP contribution in [-0.4, -0.2) is 28.2 Å². The van der Waals surface area contributed by atoms with Crippen molar-refractivity contribution in [1.82, 2.24) is 0 Å². The van der Waals surface area contributed by atoms with Crippen LogP contribution in [0.3, 0.4) is 0 Å². The minimum absolute atomic E-state index is 0. The summed E-state index contributed by atoms with van der Waals surface area (Å²) < 4.78 is 0.736. The average Bonchev–Trinajstić information content (AvgIpc) is 1.77. The third-order valence-electron chi connectivity index (χ3n) is 0.852. The summed E-state index contributed by atoms with van der Waals surface area (Å²) >= 11 is 3.15. The molecule has 0 aliphatic rings. The van der Waals surface area contributed by atoms with Crippen molar-refractivity contribution in [3.05, 3.63) is 28.7 Å². The molecular weight excluding hydrogens is 192 g/mol. The molecule has 0 amide bonds. The monoisotopic (exact) mass is 198 g/mol. The number of benzene rings is 1. The van der Waals surface area contributed by atoms with Gasteiger partial charge in [0.05, 0.1) is 4.47 Å². The smallest absolute Gasteiger partial charge is 1.00 e. The van der Waals surface area contributed by atoms with Gasteiger partial charge in [0.1, 0.15) is 5.75 Å². The summed E-state index contributed by atoms with van der Waals surface area (Å²) in [5.41, 5.74) is 0. The van der Waals surface area contributed by atoms with E-state index in [1.54, 1.807) is 18.2 Å². The van der Waals surface area contributed by atoms with Gasteiger partial charge in [0.2, 0.25) is 0 Å². The minimum atomic E-state index is 0. The Morgan fingerprint density at radius 1 is 1.33 bits per heavy atom. The fourth-order valence-electron chi connectivity index (χ4n) is 0.452. The Kier molecular flexibility index (Phi) is 4.26. The molecule has 0 spiro atoms. The van der Waals surface area contributed by atoms with Gasteiger partial charge in [0, 0.05) is 0 Å². The molecule has 0 atom stereocenters. The Hall–Kier alpha value is 0.266. The van der Waals surface area contributed by atoms with Gasteiger partial charge in [0.15, 0.2) is 0 Å². The van der Waals surface area contributed by atoms with Crippen molar-refractivity contribution in [3.8, 4) is 5.75 Å². The summed E-state index contributed by atoms with van der Waals surface area (Å²) in [6, 6.07) is 7.04. The first kappa shape index (κ1) is 9.27. The minimum Gasteiger partial charge on any atom is -1.00 e. The topological polar surface area (TPSA) is 20.2 Å². The molecule has 1 nitrogen and oxygen atoms in total. The second-order valence-electron chi connectivity index (χ2n) is 1.45. The van der Waals surface area contributed by atoms with Gasteiger partial charge in [-0.25, -0.2) is 0 Å². The van der Waals surface area contributed by atoms with Crippen LogP contribution in [0, 0.1) is 0 Å². The van der Waals surface area contributed by atoms with Crippen LogP contribution >= 0.6 is 15.9 Å². The van der Waals surface area contributed by atoms with E-state index in [4.69, 9.17) is 5.11 Å². The van der Waals surface area contributed by atoms with Gasteiger partial charge in [-0.1, -0.05) is 12.1 Å². The summed E-state index contributed by atoms with van der Waals surface area (Å²) in [5.74, 6) is 0.285. The maximum absolute atomic E-state index is 8.87. The fourth-order valence-corrected chi connectivity index (χ4v) is 0.737. The van der Waals surface area contributed by atoms with Crippen molar-refractivity contribution >= 4 is 39.0 Å². The van der Waals surface area contributed by atoms with Gasteiger partial charge in [-0.3, -0.25) is 0 Å². The number of hydrogen-bond acceptors (Lipinski definition) is 1. The van der Waals surface area contributed by atoms with Crippen LogP contribution in [0.4, 0.5) is 0 Å². The van der Waals surface area contributed by atoms with Crippen LogP contribution in [-0.2, 0) is 0 Å². The number of rotatable bonds is 0. The van der Waals surface area contributed by atoms with E-state index in [1.165, 1.54) is 0 Å². The van der Waals surface area contributed by atoms with E-state index in [0.717, 1.165) is 4.47 Å². The molecular formula is C6H7BrMgO. The molecule has 1 rings (SSSR count). The van der Waals surface area contributed by atoms with E-state index in [0.29, 0.717) is 0 Å². The molecule has 0 heterocycles. The molecule has 3 heteroatoms. The number of phenols is 1. The van der Waals surface area contributed by atoms with Gasteiger partial charge in [-0.05, 0) is 28.1 Å². The first-order chi connectivity index (χ1) is 3.80. The van der Waals surface area contributed by atoms with Crippen molar-refractivity contribution in [2.45, 2.75) is 0 Å². The van der Waals surface area contributed by atoms with Crippen LogP contribution in [0.25, 0.3) is 0 Å². The van der Waals surface area contributed by atoms with Crippen molar-refractivity contribution < 1.29 is 7.96 Å². The standard InChI is InChI=1S/C6H5BrO.Mg.2H/c7-5-3-1-2-4-6(5)8;;;/h1-4,8H;;;/q;+2;2*-1. The summed E-state index contributed by atoms with van der Waals surface area (Å²) in [7, 11) is 0. The Morgan fingerprint density at radius 3 is 2.22 bits per heavy atom. The number of halogens is 1. The second kappa shape index (κ2) is 4.14. The first-order valence-corrected chi connectivity index (χ1v) is 3.03. The van der Waals surface area contributed by atoms with Crippen LogP contribution < -0.4 is 0 Å². The van der Waals surface area contributed by atoms with Crippen molar-refractivity contribution in [1.29, 1.82) is 0 Å². The van der Waals surface area contributed by atoms with E-state index in [-0.39, 0.29) is 31.7 Å². The molecule has 0 unspecified atom stereocenters. The third-order valence-corrected chi connectivity index (χ3v) is 1.52. The Labute approximate surface area is 81.3 Å². The Bertz CT molecular complexity index is 177. The molecule has 0 bridgehead atoms. The van der Waals surface area contributed by atoms with Gasteiger partial charge in [0.25, 0.3) is 0 Å². The van der Waals surface area contributed by atoms with Crippen LogP contribution in [0.5, 0.6) is 5.75 Å². The maximum Gasteiger partial charge on any atom is 2.00 e. The number of aromatic hydroxyl groups is 1. The number of phenolic OH excluding ortho intramolecular Hbond substituents is 1. The Balaban J connectivity index is -0.000000213. The maximum atomic E-state index is 8.87. The quantitative estimate of drug-likeness (QED) is 0.634. The zero-order chi connectivity index (χ0) is 5.98. The predicted octanol–water partition coefficient (Wildman–Crippen LogP) is 2.00. The SMILES string of the molecule is Oc1ccccc1Br.[H-].[H-].[Mg+2]. The average molecular weight is 199 g/mol. The number of para-hydroxylation sites is 1. The zero-order valence-electron chi connectivity index (χ0n) is 6.84. The van der Waals surface area contributed by atoms with Gasteiger partial charge < -0.3 is 7.96 Å². The predicted molar refractivity (Wildman–Crippen MR) is 43.8 cm³/mol. The molecule has 0 saturated carbocycles. The van der Waals surface area contributed by atoms with E-state index in [1.807, 2.05) is 6.07 Å². The molecule has 0 aliphatic carbocycles. The molecule has 9 heavy (non-hydrogen) atoms. The fraction of sp³-hybridized carbons (Fsp3) is 0. The van der Waals surface area contributed by atoms with E-state index < -0.39 is 0 Å². The molecule has 0 aromatic heterocycles. The summed E-state index contributed by atoms with van der Waals surface area (Å²) in [6.45, 7) is 0. The van der Waals surface area contributed by atoms with Crippen LogP contribution in [0.1, 0.15) is 2.85 Å². The molecule has 46 valence electrons. The van der Waals surface area contributed by atoms with Crippen molar-refractivity contribution in [2.75, 3.05) is 0 Å². The van der Waals surface area contributed by atoms with E-state index >= 15 is 0 Å². The van der Waals surface area contributed by atoms with Crippen molar-refractivity contribution in [2.24, 2.45) is 0 Å². The summed E-state index contributed by atoms with van der Waals surface area (Å²) in [5, 5.41) is 8.87. The molecule has 1 aromatic rings. The number of hydrogen-bond donors (Lipinski definition) is 1. The molecule has 0 aliphatic heterocycles. The molecule has 0 fully saturated rings. The summed E-state index contributed by atoms with van der Waals surface area (Å²) in [6.07, 6.45) is 0. The zero-order valence-corrected chi connectivity index (χ0v) is 7.84. The normalized spacial score (nSPS) is 8.11. The first-order valence-electron chi connectivity index (χ1n) is 2.24. The molecule has 1 N–H and O–H groups in total. The van der Waals surface area contributed by atoms with Crippen LogP contribution in [0.15, 0.2) is 28.7 Å². The molecule has 0 radical (unpaired) electrons. The molecule has 0 saturated heterocycles. The van der Waals surface area contributed by atoms with E-state index in [9.17, 15) is 0 Å². The molecule has 1 aromatic carbocycles. The van der Waals surface area contributed by atoms with Crippen molar-refractivity contribution in [3.63, 3.8) is 0 Å². The third kappa shape index (κ3) is 2.56. The van der Waals surface area contributed by atoms with E-state index in [2.05, 4.69) is 15.9 Å². The van der Waals surface area contributed by atoms with Gasteiger partial charge in [-0.2, -0.15) is 0 Å². The summed E-state index contributed by atoms with van der Waals surface area (Å²) in [4.78, 5) is 0. The van der Waals surface area contributed by atoms with Gasteiger partial charge >= 0.3 is 23.1 Å². The second-order valence-corrected chi connectivity index (χ2v) is 2.31. The largest absolute Gasteiger partial charge is 2.00 e.